The van der Waals surface area contributed by atoms with Crippen molar-refractivity contribution >= 4 is 22.6 Å². The molecule has 0 aliphatic carbocycles. The average molecular weight is 379 g/mol. The summed E-state index contributed by atoms with van der Waals surface area (Å²) in [7, 11) is 0. The van der Waals surface area contributed by atoms with Gasteiger partial charge < -0.3 is 14.7 Å². The van der Waals surface area contributed by atoms with Crippen LogP contribution in [0.1, 0.15) is 35.6 Å². The fourth-order valence-corrected chi connectivity index (χ4v) is 4.38. The van der Waals surface area contributed by atoms with Gasteiger partial charge in [0.1, 0.15) is 5.82 Å². The molecule has 0 bridgehead atoms. The predicted molar refractivity (Wildman–Crippen MR) is 105 cm³/mol. The Hall–Kier alpha value is -2.73. The molecule has 5 rings (SSSR count). The first kappa shape index (κ1) is 17.4. The Kier molecular flexibility index (Phi) is 4.36. The van der Waals surface area contributed by atoms with Gasteiger partial charge in [0.25, 0.3) is 0 Å². The fraction of sp³-hybridized carbons (Fsp3) is 0.364. The van der Waals surface area contributed by atoms with E-state index in [4.69, 9.17) is 4.52 Å². The highest BCUT2D eigenvalue weighted by molar-refractivity contribution is 5.99. The highest BCUT2D eigenvalue weighted by Crippen LogP contribution is 2.33. The molecule has 2 aliphatic rings. The minimum Gasteiger partial charge on any atom is -0.356 e. The summed E-state index contributed by atoms with van der Waals surface area (Å²) >= 11 is 0. The third kappa shape index (κ3) is 3.29. The summed E-state index contributed by atoms with van der Waals surface area (Å²) in [6.45, 7) is 3.05. The molecule has 1 fully saturated rings. The predicted octanol–water partition coefficient (Wildman–Crippen LogP) is 3.88. The Labute approximate surface area is 162 Å². The van der Waals surface area contributed by atoms with Crippen molar-refractivity contribution in [1.29, 1.82) is 0 Å². The van der Waals surface area contributed by atoms with Crippen molar-refractivity contribution < 1.29 is 13.7 Å². The van der Waals surface area contributed by atoms with E-state index in [0.717, 1.165) is 61.2 Å². The second-order valence-corrected chi connectivity index (χ2v) is 7.79. The van der Waals surface area contributed by atoms with Crippen LogP contribution in [0.2, 0.25) is 0 Å². The molecule has 0 radical (unpaired) electrons. The summed E-state index contributed by atoms with van der Waals surface area (Å²) in [5.41, 5.74) is 4.83. The molecule has 5 nitrogen and oxygen atoms in total. The number of nitrogens with one attached hydrogen (secondary N) is 1. The Bertz CT molecular complexity index is 1040. The minimum atomic E-state index is -0.295. The van der Waals surface area contributed by atoms with Crippen molar-refractivity contribution in [1.82, 2.24) is 10.1 Å². The van der Waals surface area contributed by atoms with Crippen LogP contribution in [0.5, 0.6) is 0 Å². The lowest BCUT2D eigenvalue weighted by atomic mass is 9.91. The van der Waals surface area contributed by atoms with Gasteiger partial charge in [0.05, 0.1) is 12.1 Å². The quantitative estimate of drug-likeness (QED) is 0.747. The van der Waals surface area contributed by atoms with Gasteiger partial charge in [-0.1, -0.05) is 17.3 Å². The maximum atomic E-state index is 13.3. The van der Waals surface area contributed by atoms with Gasteiger partial charge in [-0.05, 0) is 61.7 Å². The van der Waals surface area contributed by atoms with Crippen molar-refractivity contribution in [2.45, 2.75) is 31.6 Å². The van der Waals surface area contributed by atoms with Gasteiger partial charge in [0.2, 0.25) is 5.91 Å². The molecule has 1 amide bonds. The Morgan fingerprint density at radius 3 is 2.89 bits per heavy atom. The van der Waals surface area contributed by atoms with E-state index in [2.05, 4.69) is 27.5 Å². The number of piperidine rings is 1. The molecule has 0 spiro atoms. The molecule has 0 atom stereocenters. The van der Waals surface area contributed by atoms with Gasteiger partial charge in [-0.15, -0.1) is 0 Å². The Morgan fingerprint density at radius 2 is 2.04 bits per heavy atom. The van der Waals surface area contributed by atoms with Crippen LogP contribution >= 0.6 is 0 Å². The number of anilines is 1. The van der Waals surface area contributed by atoms with E-state index < -0.39 is 0 Å². The van der Waals surface area contributed by atoms with E-state index in [1.807, 2.05) is 6.07 Å². The lowest BCUT2D eigenvalue weighted by Gasteiger charge is -2.31. The SMILES string of the molecule is O=C1Cc2cc(CCN3CCC(c4noc5cc(F)ccc45)CC3)ccc2N1. The molecule has 3 heterocycles. The fourth-order valence-electron chi connectivity index (χ4n) is 4.38. The van der Waals surface area contributed by atoms with Gasteiger partial charge in [0, 0.05) is 29.6 Å². The maximum absolute atomic E-state index is 13.3. The number of hydrogen-bond donors (Lipinski definition) is 1. The zero-order valence-electron chi connectivity index (χ0n) is 15.6. The number of rotatable bonds is 4. The van der Waals surface area contributed by atoms with E-state index in [9.17, 15) is 9.18 Å². The number of halogens is 1. The summed E-state index contributed by atoms with van der Waals surface area (Å²) in [6, 6.07) is 10.9. The number of carbonyl (C=O) groups is 1. The third-order valence-corrected chi connectivity index (χ3v) is 5.95. The van der Waals surface area contributed by atoms with Crippen LogP contribution in [-0.4, -0.2) is 35.6 Å². The average Bonchev–Trinajstić information content (AvgIpc) is 3.28. The van der Waals surface area contributed by atoms with Gasteiger partial charge in [-0.3, -0.25) is 4.79 Å². The highest BCUT2D eigenvalue weighted by atomic mass is 19.1. The summed E-state index contributed by atoms with van der Waals surface area (Å²) in [6.07, 6.45) is 3.53. The molecular formula is C22H22FN3O2. The molecule has 2 aliphatic heterocycles. The van der Waals surface area contributed by atoms with Crippen LogP contribution in [0.4, 0.5) is 10.1 Å². The molecule has 1 aromatic heterocycles. The topological polar surface area (TPSA) is 58.4 Å². The first-order valence-corrected chi connectivity index (χ1v) is 9.84. The summed E-state index contributed by atoms with van der Waals surface area (Å²) in [4.78, 5) is 14.0. The minimum absolute atomic E-state index is 0.0809. The Balaban J connectivity index is 1.18. The maximum Gasteiger partial charge on any atom is 0.228 e. The van der Waals surface area contributed by atoms with Crippen molar-refractivity contribution in [2.75, 3.05) is 25.0 Å². The molecule has 1 N–H and O–H groups in total. The number of nitrogens with zero attached hydrogens (tertiary/aromatic N) is 2. The standard InChI is InChI=1S/C22H22FN3O2/c23-17-2-3-18-20(13-17)28-25-22(18)15-6-9-26(10-7-15)8-5-14-1-4-19-16(11-14)12-21(27)24-19/h1-4,11,13,15H,5-10,12H2,(H,24,27). The second-order valence-electron chi connectivity index (χ2n) is 7.79. The van der Waals surface area contributed by atoms with Gasteiger partial charge in [-0.25, -0.2) is 4.39 Å². The van der Waals surface area contributed by atoms with Crippen molar-refractivity contribution in [2.24, 2.45) is 0 Å². The zero-order valence-corrected chi connectivity index (χ0v) is 15.6. The molecule has 1 saturated heterocycles. The zero-order chi connectivity index (χ0) is 19.1. The number of aromatic nitrogens is 1. The number of carbonyl (C=O) groups excluding carboxylic acids is 1. The third-order valence-electron chi connectivity index (χ3n) is 5.95. The summed E-state index contributed by atoms with van der Waals surface area (Å²) in [5, 5.41) is 8.04. The number of hydrogen-bond acceptors (Lipinski definition) is 4. The lowest BCUT2D eigenvalue weighted by Crippen LogP contribution is -2.34. The monoisotopic (exact) mass is 379 g/mol. The molecule has 0 saturated carbocycles. The highest BCUT2D eigenvalue weighted by Gasteiger charge is 2.25. The molecule has 144 valence electrons. The molecule has 0 unspecified atom stereocenters. The van der Waals surface area contributed by atoms with Crippen molar-refractivity contribution in [3.8, 4) is 0 Å². The smallest absolute Gasteiger partial charge is 0.228 e. The van der Waals surface area contributed by atoms with Crippen LogP contribution < -0.4 is 5.32 Å². The first-order chi connectivity index (χ1) is 13.7. The summed E-state index contributed by atoms with van der Waals surface area (Å²) < 4.78 is 18.7. The van der Waals surface area contributed by atoms with Gasteiger partial charge in [0.15, 0.2) is 5.58 Å². The normalized spacial score (nSPS) is 17.8. The van der Waals surface area contributed by atoms with Crippen LogP contribution in [0.25, 0.3) is 11.0 Å². The molecule has 2 aromatic carbocycles. The van der Waals surface area contributed by atoms with Crippen LogP contribution in [-0.2, 0) is 17.6 Å². The van der Waals surface area contributed by atoms with Crippen LogP contribution in [0.15, 0.2) is 40.9 Å². The lowest BCUT2D eigenvalue weighted by molar-refractivity contribution is -0.115. The number of amides is 1. The molecule has 3 aromatic rings. The molecule has 28 heavy (non-hydrogen) atoms. The van der Waals surface area contributed by atoms with E-state index in [0.29, 0.717) is 17.9 Å². The van der Waals surface area contributed by atoms with E-state index in [1.54, 1.807) is 6.07 Å². The van der Waals surface area contributed by atoms with Crippen LogP contribution in [0.3, 0.4) is 0 Å². The van der Waals surface area contributed by atoms with E-state index in [1.165, 1.54) is 17.7 Å². The van der Waals surface area contributed by atoms with E-state index in [-0.39, 0.29) is 11.7 Å². The number of fused-ring (bicyclic) bond motifs is 2. The molecule has 6 heteroatoms. The van der Waals surface area contributed by atoms with Crippen molar-refractivity contribution in [3.63, 3.8) is 0 Å². The second kappa shape index (κ2) is 7.02. The Morgan fingerprint density at radius 1 is 1.18 bits per heavy atom. The molecular weight excluding hydrogens is 357 g/mol. The van der Waals surface area contributed by atoms with Crippen LogP contribution in [0, 0.1) is 5.82 Å². The van der Waals surface area contributed by atoms with Crippen molar-refractivity contribution in [3.05, 3.63) is 59.0 Å². The summed E-state index contributed by atoms with van der Waals surface area (Å²) in [5.74, 6) is 0.147. The largest absolute Gasteiger partial charge is 0.356 e. The number of likely N-dealkylation sites (tertiary alicyclic amines) is 1. The van der Waals surface area contributed by atoms with Gasteiger partial charge in [-0.2, -0.15) is 0 Å². The van der Waals surface area contributed by atoms with Gasteiger partial charge >= 0.3 is 0 Å². The van der Waals surface area contributed by atoms with E-state index >= 15 is 0 Å². The first-order valence-electron chi connectivity index (χ1n) is 9.84. The number of benzene rings is 2.